The van der Waals surface area contributed by atoms with Gasteiger partial charge in [0.2, 0.25) is 11.8 Å². The van der Waals surface area contributed by atoms with E-state index in [-0.39, 0.29) is 24.2 Å². The van der Waals surface area contributed by atoms with Crippen molar-refractivity contribution >= 4 is 23.2 Å². The topological polar surface area (TPSA) is 49.4 Å². The molecule has 1 aliphatic heterocycles. The Balaban J connectivity index is 1.76. The molecular weight excluding hydrogens is 295 g/mol. The number of anilines is 2. The van der Waals surface area contributed by atoms with Gasteiger partial charge in [-0.2, -0.15) is 0 Å². The molecule has 0 aliphatic carbocycles. The molecule has 0 saturated heterocycles. The van der Waals surface area contributed by atoms with Crippen LogP contribution in [0.1, 0.15) is 17.5 Å². The van der Waals surface area contributed by atoms with Gasteiger partial charge in [-0.25, -0.2) is 4.39 Å². The number of carbonyl (C=O) groups excluding carboxylic acids is 2. The Kier molecular flexibility index (Phi) is 4.10. The van der Waals surface area contributed by atoms with E-state index in [1.54, 1.807) is 6.92 Å². The molecule has 0 atom stereocenters. The van der Waals surface area contributed by atoms with Gasteiger partial charge in [-0.05, 0) is 48.7 Å². The van der Waals surface area contributed by atoms with E-state index < -0.39 is 0 Å². The highest BCUT2D eigenvalue weighted by molar-refractivity contribution is 6.04. The predicted molar refractivity (Wildman–Crippen MR) is 86.9 cm³/mol. The molecule has 1 heterocycles. The first-order valence-corrected chi connectivity index (χ1v) is 7.49. The van der Waals surface area contributed by atoms with Crippen molar-refractivity contribution in [2.45, 2.75) is 19.8 Å². The van der Waals surface area contributed by atoms with Crippen LogP contribution in [-0.4, -0.2) is 18.4 Å². The molecule has 4 nitrogen and oxygen atoms in total. The van der Waals surface area contributed by atoms with Gasteiger partial charge in [-0.3, -0.25) is 9.59 Å². The summed E-state index contributed by atoms with van der Waals surface area (Å²) in [7, 11) is 0. The zero-order chi connectivity index (χ0) is 16.4. The van der Waals surface area contributed by atoms with E-state index in [4.69, 9.17) is 0 Å². The monoisotopic (exact) mass is 312 g/mol. The summed E-state index contributed by atoms with van der Waals surface area (Å²) in [6, 6.07) is 11.8. The summed E-state index contributed by atoms with van der Waals surface area (Å²) in [6.07, 6.45) is 1.10. The van der Waals surface area contributed by atoms with Crippen molar-refractivity contribution in [3.63, 3.8) is 0 Å². The van der Waals surface area contributed by atoms with Gasteiger partial charge >= 0.3 is 0 Å². The lowest BCUT2D eigenvalue weighted by Gasteiger charge is -2.28. The van der Waals surface area contributed by atoms with Crippen LogP contribution >= 0.6 is 0 Å². The van der Waals surface area contributed by atoms with Gasteiger partial charge in [0.15, 0.2) is 0 Å². The summed E-state index contributed by atoms with van der Waals surface area (Å²) < 4.78 is 13.1. The van der Waals surface area contributed by atoms with E-state index >= 15 is 0 Å². The van der Waals surface area contributed by atoms with E-state index in [1.807, 2.05) is 24.3 Å². The molecule has 0 spiro atoms. The standard InChI is InChI=1S/C18H17FN2O2/c1-12-10-14(19)7-8-15(12)20-17(22)11-21-16-5-3-2-4-13(16)6-9-18(21)23/h2-5,7-8,10H,6,9,11H2,1H3,(H,20,22). The fourth-order valence-corrected chi connectivity index (χ4v) is 2.77. The first-order chi connectivity index (χ1) is 11.0. The number of hydrogen-bond donors (Lipinski definition) is 1. The van der Waals surface area contributed by atoms with Crippen LogP contribution in [0.25, 0.3) is 0 Å². The molecule has 23 heavy (non-hydrogen) atoms. The van der Waals surface area contributed by atoms with Crippen molar-refractivity contribution in [2.24, 2.45) is 0 Å². The summed E-state index contributed by atoms with van der Waals surface area (Å²) in [5, 5.41) is 2.74. The number of aryl methyl sites for hydroxylation is 2. The molecule has 0 fully saturated rings. The lowest BCUT2D eigenvalue weighted by molar-refractivity contribution is -0.121. The molecule has 1 N–H and O–H groups in total. The van der Waals surface area contributed by atoms with Crippen LogP contribution in [0.5, 0.6) is 0 Å². The van der Waals surface area contributed by atoms with E-state index in [9.17, 15) is 14.0 Å². The van der Waals surface area contributed by atoms with Gasteiger partial charge in [0, 0.05) is 17.8 Å². The molecule has 0 saturated carbocycles. The zero-order valence-electron chi connectivity index (χ0n) is 12.8. The molecule has 2 aromatic rings. The number of carbonyl (C=O) groups is 2. The predicted octanol–water partition coefficient (Wildman–Crippen LogP) is 3.05. The molecule has 1 aliphatic rings. The Morgan fingerprint density at radius 2 is 2.00 bits per heavy atom. The summed E-state index contributed by atoms with van der Waals surface area (Å²) in [5.41, 5.74) is 3.05. The molecule has 0 unspecified atom stereocenters. The molecule has 5 heteroatoms. The van der Waals surface area contributed by atoms with Crippen molar-refractivity contribution < 1.29 is 14.0 Å². The highest BCUT2D eigenvalue weighted by Crippen LogP contribution is 2.27. The minimum absolute atomic E-state index is 0.0489. The molecule has 0 aromatic heterocycles. The number of fused-ring (bicyclic) bond motifs is 1. The van der Waals surface area contributed by atoms with Gasteiger partial charge in [0.25, 0.3) is 0 Å². The van der Waals surface area contributed by atoms with Crippen LogP contribution in [0.3, 0.4) is 0 Å². The number of rotatable bonds is 3. The Morgan fingerprint density at radius 3 is 2.78 bits per heavy atom. The van der Waals surface area contributed by atoms with E-state index in [0.29, 0.717) is 24.1 Å². The largest absolute Gasteiger partial charge is 0.324 e. The lowest BCUT2D eigenvalue weighted by Crippen LogP contribution is -2.40. The molecule has 2 aromatic carbocycles. The third-order valence-corrected chi connectivity index (χ3v) is 3.96. The molecule has 0 radical (unpaired) electrons. The smallest absolute Gasteiger partial charge is 0.244 e. The normalized spacial score (nSPS) is 13.7. The summed E-state index contributed by atoms with van der Waals surface area (Å²) >= 11 is 0. The fourth-order valence-electron chi connectivity index (χ4n) is 2.77. The highest BCUT2D eigenvalue weighted by Gasteiger charge is 2.25. The van der Waals surface area contributed by atoms with Crippen molar-refractivity contribution in [3.05, 3.63) is 59.4 Å². The Morgan fingerprint density at radius 1 is 1.22 bits per heavy atom. The second kappa shape index (κ2) is 6.20. The van der Waals surface area contributed by atoms with Crippen LogP contribution in [0.2, 0.25) is 0 Å². The van der Waals surface area contributed by atoms with Crippen LogP contribution < -0.4 is 10.2 Å². The lowest BCUT2D eigenvalue weighted by atomic mass is 10.0. The number of nitrogens with zero attached hydrogens (tertiary/aromatic N) is 1. The van der Waals surface area contributed by atoms with Gasteiger partial charge < -0.3 is 10.2 Å². The van der Waals surface area contributed by atoms with E-state index in [1.165, 1.54) is 23.1 Å². The van der Waals surface area contributed by atoms with Crippen molar-refractivity contribution in [1.82, 2.24) is 0 Å². The molecule has 118 valence electrons. The summed E-state index contributed by atoms with van der Waals surface area (Å²) in [5.74, 6) is -0.708. The highest BCUT2D eigenvalue weighted by atomic mass is 19.1. The third-order valence-electron chi connectivity index (χ3n) is 3.96. The van der Waals surface area contributed by atoms with E-state index in [2.05, 4.69) is 5.32 Å². The second-order valence-corrected chi connectivity index (χ2v) is 5.62. The number of hydrogen-bond acceptors (Lipinski definition) is 2. The first-order valence-electron chi connectivity index (χ1n) is 7.49. The zero-order valence-corrected chi connectivity index (χ0v) is 12.8. The molecule has 3 rings (SSSR count). The van der Waals surface area contributed by atoms with Gasteiger partial charge in [-0.15, -0.1) is 0 Å². The number of halogens is 1. The number of amides is 2. The van der Waals surface area contributed by atoms with Gasteiger partial charge in [0.05, 0.1) is 0 Å². The van der Waals surface area contributed by atoms with Crippen LogP contribution in [0, 0.1) is 12.7 Å². The quantitative estimate of drug-likeness (QED) is 0.947. The summed E-state index contributed by atoms with van der Waals surface area (Å²) in [6.45, 7) is 1.67. The van der Waals surface area contributed by atoms with Crippen molar-refractivity contribution in [1.29, 1.82) is 0 Å². The van der Waals surface area contributed by atoms with E-state index in [0.717, 1.165) is 11.3 Å². The molecular formula is C18H17FN2O2. The van der Waals surface area contributed by atoms with Crippen molar-refractivity contribution in [3.8, 4) is 0 Å². The van der Waals surface area contributed by atoms with Gasteiger partial charge in [-0.1, -0.05) is 18.2 Å². The minimum atomic E-state index is -0.347. The Labute approximate surface area is 133 Å². The fraction of sp³-hybridized carbons (Fsp3) is 0.222. The number of benzene rings is 2. The van der Waals surface area contributed by atoms with Crippen LogP contribution in [0.4, 0.5) is 15.8 Å². The maximum atomic E-state index is 13.1. The Hall–Kier alpha value is -2.69. The molecule has 0 bridgehead atoms. The number of nitrogens with one attached hydrogen (secondary N) is 1. The van der Waals surface area contributed by atoms with Crippen LogP contribution in [0.15, 0.2) is 42.5 Å². The third kappa shape index (κ3) is 3.23. The van der Waals surface area contributed by atoms with Crippen molar-refractivity contribution in [2.75, 3.05) is 16.8 Å². The van der Waals surface area contributed by atoms with Crippen LogP contribution in [-0.2, 0) is 16.0 Å². The maximum Gasteiger partial charge on any atom is 0.244 e. The first kappa shape index (κ1) is 15.2. The minimum Gasteiger partial charge on any atom is -0.324 e. The Bertz CT molecular complexity index is 773. The average molecular weight is 312 g/mol. The summed E-state index contributed by atoms with van der Waals surface area (Å²) in [4.78, 5) is 25.9. The second-order valence-electron chi connectivity index (χ2n) is 5.62. The average Bonchev–Trinajstić information content (AvgIpc) is 2.53. The number of para-hydroxylation sites is 1. The van der Waals surface area contributed by atoms with Gasteiger partial charge in [0.1, 0.15) is 12.4 Å². The SMILES string of the molecule is Cc1cc(F)ccc1NC(=O)CN1C(=O)CCc2ccccc21. The molecule has 2 amide bonds. The maximum absolute atomic E-state index is 13.1.